The van der Waals surface area contributed by atoms with Crippen LogP contribution in [-0.2, 0) is 18.9 Å². The molecule has 6 heteroatoms. The second-order valence-corrected chi connectivity index (χ2v) is 6.11. The minimum atomic E-state index is 0.619. The minimum Gasteiger partial charge on any atom is -0.379 e. The fourth-order valence-electron chi connectivity index (χ4n) is 1.47. The van der Waals surface area contributed by atoms with E-state index in [4.69, 9.17) is 18.9 Å². The van der Waals surface area contributed by atoms with E-state index in [1.165, 1.54) is 23.7 Å². The topological polar surface area (TPSA) is 36.9 Å². The van der Waals surface area contributed by atoms with Crippen molar-refractivity contribution in [3.63, 3.8) is 0 Å². The maximum Gasteiger partial charge on any atom is 0.0701 e. The van der Waals surface area contributed by atoms with Gasteiger partial charge >= 0.3 is 0 Å². The Balaban J connectivity index is 2.89. The van der Waals surface area contributed by atoms with Gasteiger partial charge in [0.05, 0.1) is 46.2 Å². The van der Waals surface area contributed by atoms with Crippen LogP contribution in [-0.4, -0.2) is 62.6 Å². The largest absolute Gasteiger partial charge is 0.379 e. The Hall–Kier alpha value is 1.05. The lowest BCUT2D eigenvalue weighted by Crippen LogP contribution is -2.12. The van der Waals surface area contributed by atoms with Gasteiger partial charge in [-0.2, -0.15) is 0 Å². The Morgan fingerprint density at radius 1 is 0.550 bits per heavy atom. The quantitative estimate of drug-likeness (QED) is 0.187. The van der Waals surface area contributed by atoms with Crippen molar-refractivity contribution < 1.29 is 18.9 Å². The normalized spacial score (nSPS) is 11.1. The number of halogens is 2. The van der Waals surface area contributed by atoms with Crippen molar-refractivity contribution in [2.24, 2.45) is 0 Å². The Labute approximate surface area is 145 Å². The predicted octanol–water partition coefficient (Wildman–Crippen LogP) is 3.44. The van der Waals surface area contributed by atoms with E-state index in [0.717, 1.165) is 25.0 Å². The van der Waals surface area contributed by atoms with Gasteiger partial charge < -0.3 is 18.9 Å². The van der Waals surface area contributed by atoms with Crippen LogP contribution in [0.15, 0.2) is 0 Å². The molecular weight excluding hydrogens is 439 g/mol. The van der Waals surface area contributed by atoms with E-state index in [1.807, 2.05) is 0 Å². The van der Waals surface area contributed by atoms with Crippen molar-refractivity contribution in [3.8, 4) is 0 Å². The molecule has 0 saturated heterocycles. The van der Waals surface area contributed by atoms with Gasteiger partial charge in [0, 0.05) is 11.9 Å². The zero-order valence-corrected chi connectivity index (χ0v) is 16.0. The number of hydrogen-bond acceptors (Lipinski definition) is 4. The smallest absolute Gasteiger partial charge is 0.0701 e. The van der Waals surface area contributed by atoms with E-state index in [9.17, 15) is 0 Å². The molecule has 122 valence electrons. The van der Waals surface area contributed by atoms with E-state index >= 15 is 0 Å². The maximum absolute atomic E-state index is 5.49. The van der Waals surface area contributed by atoms with E-state index in [-0.39, 0.29) is 0 Å². The molecule has 0 heterocycles. The fraction of sp³-hybridized carbons (Fsp3) is 1.00. The predicted molar refractivity (Wildman–Crippen MR) is 94.4 cm³/mol. The molecule has 0 unspecified atom stereocenters. The number of rotatable bonds is 17. The lowest BCUT2D eigenvalue weighted by molar-refractivity contribution is -0.000529. The van der Waals surface area contributed by atoms with Crippen molar-refractivity contribution in [1.29, 1.82) is 0 Å². The molecule has 0 spiro atoms. The van der Waals surface area contributed by atoms with E-state index in [2.05, 4.69) is 38.5 Å². The van der Waals surface area contributed by atoms with Gasteiger partial charge in [0.15, 0.2) is 0 Å². The molecule has 0 aromatic rings. The highest BCUT2D eigenvalue weighted by molar-refractivity contribution is 14.1. The van der Waals surface area contributed by atoms with Gasteiger partial charge in [0.1, 0.15) is 0 Å². The molecule has 0 atom stereocenters. The highest BCUT2D eigenvalue weighted by Gasteiger charge is 1.93. The van der Waals surface area contributed by atoms with Crippen molar-refractivity contribution in [2.75, 3.05) is 62.6 Å². The van der Waals surface area contributed by atoms with E-state index in [0.29, 0.717) is 39.6 Å². The standard InChI is InChI=1S/C14H28BrIO4/c15-5-8-18-10-12-20-14-13-19-11-9-17-7-4-2-1-3-6-16/h1-14H2. The van der Waals surface area contributed by atoms with Crippen LogP contribution in [0.25, 0.3) is 0 Å². The number of unbranched alkanes of at least 4 members (excludes halogenated alkanes) is 3. The number of alkyl halides is 2. The molecule has 0 aliphatic heterocycles. The van der Waals surface area contributed by atoms with Gasteiger partial charge in [-0.1, -0.05) is 51.4 Å². The summed E-state index contributed by atoms with van der Waals surface area (Å²) in [4.78, 5) is 0. The first-order valence-electron chi connectivity index (χ1n) is 7.34. The molecule has 0 rings (SSSR count). The van der Waals surface area contributed by atoms with Crippen LogP contribution in [0.2, 0.25) is 0 Å². The third kappa shape index (κ3) is 19.1. The second kappa shape index (κ2) is 20.1. The lowest BCUT2D eigenvalue weighted by atomic mass is 10.2. The summed E-state index contributed by atoms with van der Waals surface area (Å²) in [5.41, 5.74) is 0. The third-order valence-electron chi connectivity index (χ3n) is 2.51. The summed E-state index contributed by atoms with van der Waals surface area (Å²) in [6.45, 7) is 5.43. The zero-order chi connectivity index (χ0) is 14.7. The summed E-state index contributed by atoms with van der Waals surface area (Å²) in [7, 11) is 0. The van der Waals surface area contributed by atoms with E-state index in [1.54, 1.807) is 0 Å². The first kappa shape index (κ1) is 21.0. The Morgan fingerprint density at radius 3 is 1.50 bits per heavy atom. The molecule has 0 aliphatic rings. The van der Waals surface area contributed by atoms with Gasteiger partial charge in [-0.25, -0.2) is 0 Å². The van der Waals surface area contributed by atoms with Crippen molar-refractivity contribution in [1.82, 2.24) is 0 Å². The third-order valence-corrected chi connectivity index (χ3v) is 3.60. The first-order chi connectivity index (χ1) is 9.91. The van der Waals surface area contributed by atoms with Crippen LogP contribution in [0.5, 0.6) is 0 Å². The van der Waals surface area contributed by atoms with Crippen LogP contribution < -0.4 is 0 Å². The summed E-state index contributed by atoms with van der Waals surface area (Å²) in [5, 5.41) is 0.869. The maximum atomic E-state index is 5.49. The van der Waals surface area contributed by atoms with Crippen molar-refractivity contribution in [2.45, 2.75) is 25.7 Å². The Morgan fingerprint density at radius 2 is 1.00 bits per heavy atom. The molecule has 4 nitrogen and oxygen atoms in total. The first-order valence-corrected chi connectivity index (χ1v) is 9.99. The minimum absolute atomic E-state index is 0.619. The Kier molecular flexibility index (Phi) is 21.1. The summed E-state index contributed by atoms with van der Waals surface area (Å²) in [5.74, 6) is 0. The summed E-state index contributed by atoms with van der Waals surface area (Å²) >= 11 is 5.72. The lowest BCUT2D eigenvalue weighted by Gasteiger charge is -2.07. The molecule has 20 heavy (non-hydrogen) atoms. The van der Waals surface area contributed by atoms with Crippen molar-refractivity contribution >= 4 is 38.5 Å². The van der Waals surface area contributed by atoms with Crippen LogP contribution in [0.4, 0.5) is 0 Å². The molecule has 0 radical (unpaired) electrons. The van der Waals surface area contributed by atoms with Gasteiger partial charge in [-0.05, 0) is 17.3 Å². The molecule has 0 bridgehead atoms. The highest BCUT2D eigenvalue weighted by Crippen LogP contribution is 2.02. The fourth-order valence-corrected chi connectivity index (χ4v) is 2.24. The average Bonchev–Trinajstić information content (AvgIpc) is 2.47. The average molecular weight is 467 g/mol. The molecule has 0 aliphatic carbocycles. The van der Waals surface area contributed by atoms with Gasteiger partial charge in [0.2, 0.25) is 0 Å². The molecule has 0 aromatic carbocycles. The summed E-state index contributed by atoms with van der Waals surface area (Å²) in [6.07, 6.45) is 5.08. The summed E-state index contributed by atoms with van der Waals surface area (Å²) < 4.78 is 22.8. The van der Waals surface area contributed by atoms with Crippen molar-refractivity contribution in [3.05, 3.63) is 0 Å². The molecule has 0 fully saturated rings. The Bertz CT molecular complexity index is 157. The SMILES string of the molecule is BrCCOCCOCCOCCOCCCCCCI. The van der Waals surface area contributed by atoms with Crippen LogP contribution in [0.3, 0.4) is 0 Å². The van der Waals surface area contributed by atoms with Crippen LogP contribution in [0, 0.1) is 0 Å². The van der Waals surface area contributed by atoms with Crippen LogP contribution >= 0.6 is 38.5 Å². The molecule has 0 amide bonds. The molecule has 0 N–H and O–H groups in total. The van der Waals surface area contributed by atoms with Gasteiger partial charge in [-0.3, -0.25) is 0 Å². The summed E-state index contributed by atoms with van der Waals surface area (Å²) in [6, 6.07) is 0. The second-order valence-electron chi connectivity index (χ2n) is 4.24. The van der Waals surface area contributed by atoms with Crippen LogP contribution in [0.1, 0.15) is 25.7 Å². The zero-order valence-electron chi connectivity index (χ0n) is 12.3. The van der Waals surface area contributed by atoms with Gasteiger partial charge in [0.25, 0.3) is 0 Å². The van der Waals surface area contributed by atoms with Gasteiger partial charge in [-0.15, -0.1) is 0 Å². The van der Waals surface area contributed by atoms with E-state index < -0.39 is 0 Å². The highest BCUT2D eigenvalue weighted by atomic mass is 127. The number of hydrogen-bond donors (Lipinski definition) is 0. The molecule has 0 saturated carbocycles. The molecule has 0 aromatic heterocycles. The molecular formula is C14H28BrIO4. The monoisotopic (exact) mass is 466 g/mol. The number of ether oxygens (including phenoxy) is 4.